The second-order valence-electron chi connectivity index (χ2n) is 3.53. The molecule has 1 rings (SSSR count). The highest BCUT2D eigenvalue weighted by atomic mass is 15.1. The molecular formula is C14H19N. The zero-order chi connectivity index (χ0) is 11.1. The van der Waals surface area contributed by atoms with Crippen LogP contribution in [0.25, 0.3) is 0 Å². The Labute approximate surface area is 93.1 Å². The zero-order valence-electron chi connectivity index (χ0n) is 9.83. The van der Waals surface area contributed by atoms with E-state index in [1.807, 2.05) is 30.3 Å². The lowest BCUT2D eigenvalue weighted by atomic mass is 10.2. The van der Waals surface area contributed by atoms with Gasteiger partial charge in [-0.2, -0.15) is 0 Å². The van der Waals surface area contributed by atoms with Gasteiger partial charge in [-0.3, -0.25) is 4.90 Å². The third-order valence-corrected chi connectivity index (χ3v) is 2.56. The summed E-state index contributed by atoms with van der Waals surface area (Å²) in [6.45, 7) is 8.61. The Morgan fingerprint density at radius 2 is 1.73 bits per heavy atom. The minimum absolute atomic E-state index is 0.334. The van der Waals surface area contributed by atoms with Gasteiger partial charge in [0.15, 0.2) is 0 Å². The molecule has 0 saturated heterocycles. The Bertz CT molecular complexity index is 327. The maximum Gasteiger partial charge on any atom is 0.0689 e. The first-order chi connectivity index (χ1) is 7.27. The number of rotatable bonds is 3. The van der Waals surface area contributed by atoms with Crippen LogP contribution in [-0.2, 0) is 0 Å². The van der Waals surface area contributed by atoms with Crippen molar-refractivity contribution < 1.29 is 0 Å². The van der Waals surface area contributed by atoms with E-state index in [4.69, 9.17) is 0 Å². The summed E-state index contributed by atoms with van der Waals surface area (Å²) in [6.07, 6.45) is 0. The Morgan fingerprint density at radius 1 is 1.13 bits per heavy atom. The molecule has 0 aliphatic heterocycles. The quantitative estimate of drug-likeness (QED) is 0.680. The number of benzene rings is 1. The highest BCUT2D eigenvalue weighted by Gasteiger charge is 2.05. The summed E-state index contributed by atoms with van der Waals surface area (Å²) in [5.41, 5.74) is 1.09. The van der Waals surface area contributed by atoms with Crippen LogP contribution < -0.4 is 0 Å². The van der Waals surface area contributed by atoms with E-state index in [0.717, 1.165) is 18.7 Å². The summed E-state index contributed by atoms with van der Waals surface area (Å²) < 4.78 is 0. The molecule has 0 aliphatic carbocycles. The minimum atomic E-state index is 0.334. The fourth-order valence-electron chi connectivity index (χ4n) is 1.57. The Kier molecular flexibility index (Phi) is 4.93. The molecule has 1 atom stereocenters. The van der Waals surface area contributed by atoms with E-state index in [0.29, 0.717) is 6.04 Å². The van der Waals surface area contributed by atoms with Crippen LogP contribution >= 0.6 is 0 Å². The molecule has 0 saturated carbocycles. The molecule has 0 fully saturated rings. The highest BCUT2D eigenvalue weighted by molar-refractivity contribution is 5.34. The Balaban J connectivity index is 2.65. The molecule has 1 heteroatoms. The monoisotopic (exact) mass is 201 g/mol. The Morgan fingerprint density at radius 3 is 2.27 bits per heavy atom. The summed E-state index contributed by atoms with van der Waals surface area (Å²) in [5, 5.41) is 0. The molecule has 0 unspecified atom stereocenters. The molecule has 0 spiro atoms. The molecule has 0 heterocycles. The lowest BCUT2D eigenvalue weighted by Gasteiger charge is -2.21. The van der Waals surface area contributed by atoms with Crippen LogP contribution in [0.15, 0.2) is 30.3 Å². The smallest absolute Gasteiger partial charge is 0.0689 e. The van der Waals surface area contributed by atoms with Gasteiger partial charge in [0, 0.05) is 5.56 Å². The van der Waals surface area contributed by atoms with Gasteiger partial charge >= 0.3 is 0 Å². The molecule has 15 heavy (non-hydrogen) atoms. The molecular weight excluding hydrogens is 182 g/mol. The summed E-state index contributed by atoms with van der Waals surface area (Å²) in [6, 6.07) is 10.5. The van der Waals surface area contributed by atoms with E-state index in [1.54, 1.807) is 0 Å². The topological polar surface area (TPSA) is 3.24 Å². The average Bonchev–Trinajstić information content (AvgIpc) is 2.29. The van der Waals surface area contributed by atoms with E-state index >= 15 is 0 Å². The lowest BCUT2D eigenvalue weighted by molar-refractivity contribution is 0.275. The largest absolute Gasteiger partial charge is 0.291 e. The van der Waals surface area contributed by atoms with Crippen molar-refractivity contribution in [3.63, 3.8) is 0 Å². The van der Waals surface area contributed by atoms with Gasteiger partial charge in [0.2, 0.25) is 0 Å². The molecule has 1 nitrogen and oxygen atoms in total. The first-order valence-corrected chi connectivity index (χ1v) is 5.58. The first-order valence-electron chi connectivity index (χ1n) is 5.58. The molecule has 80 valence electrons. The number of hydrogen-bond donors (Lipinski definition) is 0. The van der Waals surface area contributed by atoms with Crippen molar-refractivity contribution >= 4 is 0 Å². The summed E-state index contributed by atoms with van der Waals surface area (Å²) in [5.74, 6) is 6.48. The van der Waals surface area contributed by atoms with Crippen LogP contribution in [0.2, 0.25) is 0 Å². The highest BCUT2D eigenvalue weighted by Crippen LogP contribution is 1.99. The van der Waals surface area contributed by atoms with E-state index in [-0.39, 0.29) is 0 Å². The average molecular weight is 201 g/mol. The molecule has 0 aromatic heterocycles. The van der Waals surface area contributed by atoms with Crippen molar-refractivity contribution in [3.05, 3.63) is 35.9 Å². The van der Waals surface area contributed by atoms with Crippen molar-refractivity contribution in [2.45, 2.75) is 26.8 Å². The van der Waals surface area contributed by atoms with Crippen LogP contribution in [0.1, 0.15) is 26.3 Å². The van der Waals surface area contributed by atoms with E-state index < -0.39 is 0 Å². The first kappa shape index (κ1) is 11.8. The summed E-state index contributed by atoms with van der Waals surface area (Å²) in [4.78, 5) is 2.34. The molecule has 1 aromatic rings. The van der Waals surface area contributed by atoms with Crippen molar-refractivity contribution in [2.24, 2.45) is 0 Å². The van der Waals surface area contributed by atoms with Crippen molar-refractivity contribution in [2.75, 3.05) is 13.1 Å². The zero-order valence-corrected chi connectivity index (χ0v) is 9.83. The number of hydrogen-bond acceptors (Lipinski definition) is 1. The third kappa shape index (κ3) is 3.77. The van der Waals surface area contributed by atoms with Crippen LogP contribution in [-0.4, -0.2) is 24.0 Å². The lowest BCUT2D eigenvalue weighted by Crippen LogP contribution is -2.31. The van der Waals surface area contributed by atoms with Crippen molar-refractivity contribution in [1.29, 1.82) is 0 Å². The van der Waals surface area contributed by atoms with Gasteiger partial charge in [-0.05, 0) is 32.1 Å². The normalized spacial score (nSPS) is 12.0. The van der Waals surface area contributed by atoms with Gasteiger partial charge < -0.3 is 0 Å². The van der Waals surface area contributed by atoms with E-state index in [1.165, 1.54) is 0 Å². The van der Waals surface area contributed by atoms with Crippen LogP contribution in [0.5, 0.6) is 0 Å². The Hall–Kier alpha value is -1.26. The molecule has 0 amide bonds. The third-order valence-electron chi connectivity index (χ3n) is 2.56. The van der Waals surface area contributed by atoms with E-state index in [2.05, 4.69) is 37.5 Å². The van der Waals surface area contributed by atoms with Gasteiger partial charge in [-0.15, -0.1) is 0 Å². The van der Waals surface area contributed by atoms with Gasteiger partial charge in [0.25, 0.3) is 0 Å². The second kappa shape index (κ2) is 6.27. The van der Waals surface area contributed by atoms with Crippen LogP contribution in [0, 0.1) is 11.8 Å². The molecule has 0 N–H and O–H groups in total. The standard InChI is InChI=1S/C14H19N/c1-4-15(5-2)13(3)11-12-14-9-7-6-8-10-14/h6-10,13H,4-5H2,1-3H3/t13-/m1/s1. The fraction of sp³-hybridized carbons (Fsp3) is 0.429. The molecule has 0 aliphatic rings. The van der Waals surface area contributed by atoms with Gasteiger partial charge in [0.1, 0.15) is 0 Å². The van der Waals surface area contributed by atoms with Crippen molar-refractivity contribution in [1.82, 2.24) is 4.90 Å². The van der Waals surface area contributed by atoms with Crippen molar-refractivity contribution in [3.8, 4) is 11.8 Å². The van der Waals surface area contributed by atoms with Gasteiger partial charge in [-0.25, -0.2) is 0 Å². The van der Waals surface area contributed by atoms with Crippen LogP contribution in [0.4, 0.5) is 0 Å². The maximum atomic E-state index is 3.28. The van der Waals surface area contributed by atoms with E-state index in [9.17, 15) is 0 Å². The minimum Gasteiger partial charge on any atom is -0.291 e. The molecule has 0 bridgehead atoms. The SMILES string of the molecule is CCN(CC)[C@H](C)C#Cc1ccccc1. The van der Waals surface area contributed by atoms with Gasteiger partial charge in [0.05, 0.1) is 6.04 Å². The van der Waals surface area contributed by atoms with Crippen LogP contribution in [0.3, 0.4) is 0 Å². The fourth-order valence-corrected chi connectivity index (χ4v) is 1.57. The predicted molar refractivity (Wildman–Crippen MR) is 65.7 cm³/mol. The second-order valence-corrected chi connectivity index (χ2v) is 3.53. The molecule has 0 radical (unpaired) electrons. The molecule has 1 aromatic carbocycles. The predicted octanol–water partition coefficient (Wildman–Crippen LogP) is 2.77. The maximum absolute atomic E-state index is 3.28. The summed E-state index contributed by atoms with van der Waals surface area (Å²) >= 11 is 0. The number of nitrogens with zero attached hydrogens (tertiary/aromatic N) is 1. The summed E-state index contributed by atoms with van der Waals surface area (Å²) in [7, 11) is 0. The van der Waals surface area contributed by atoms with Gasteiger partial charge in [-0.1, -0.05) is 43.9 Å².